The van der Waals surface area contributed by atoms with Crippen molar-refractivity contribution in [1.82, 2.24) is 10.6 Å². The second kappa shape index (κ2) is 5.63. The zero-order valence-corrected chi connectivity index (χ0v) is 10.6. The van der Waals surface area contributed by atoms with E-state index >= 15 is 0 Å². The standard InChI is InChI=1S/C10H20N2O3S/c1-3-11-8(2)6-10(13)12-9-4-5-16(14,15)7-9/h8-9,11H,3-7H2,1-2H3,(H,12,13). The van der Waals surface area contributed by atoms with E-state index in [1.807, 2.05) is 13.8 Å². The van der Waals surface area contributed by atoms with E-state index in [4.69, 9.17) is 0 Å². The Balaban J connectivity index is 2.30. The van der Waals surface area contributed by atoms with Crippen LogP contribution < -0.4 is 10.6 Å². The fourth-order valence-corrected chi connectivity index (χ4v) is 3.57. The molecule has 0 aromatic rings. The van der Waals surface area contributed by atoms with Crippen LogP contribution in [0.15, 0.2) is 0 Å². The maximum atomic E-state index is 11.5. The van der Waals surface area contributed by atoms with Crippen LogP contribution in [0.5, 0.6) is 0 Å². The third kappa shape index (κ3) is 4.49. The summed E-state index contributed by atoms with van der Waals surface area (Å²) >= 11 is 0. The van der Waals surface area contributed by atoms with Crippen molar-refractivity contribution in [2.24, 2.45) is 0 Å². The topological polar surface area (TPSA) is 75.3 Å². The van der Waals surface area contributed by atoms with Gasteiger partial charge in [-0.3, -0.25) is 4.79 Å². The Kier molecular flexibility index (Phi) is 4.73. The number of hydrogen-bond acceptors (Lipinski definition) is 4. The SMILES string of the molecule is CCNC(C)CC(=O)NC1CCS(=O)(=O)C1. The Morgan fingerprint density at radius 1 is 1.50 bits per heavy atom. The number of sulfone groups is 1. The van der Waals surface area contributed by atoms with Gasteiger partial charge in [0.15, 0.2) is 9.84 Å². The number of carbonyl (C=O) groups excluding carboxylic acids is 1. The first kappa shape index (κ1) is 13.4. The molecule has 1 amide bonds. The van der Waals surface area contributed by atoms with Crippen molar-refractivity contribution in [3.05, 3.63) is 0 Å². The van der Waals surface area contributed by atoms with Gasteiger partial charge in [0.2, 0.25) is 5.91 Å². The first-order valence-corrected chi connectivity index (χ1v) is 7.48. The third-order valence-electron chi connectivity index (χ3n) is 2.64. The van der Waals surface area contributed by atoms with Crippen molar-refractivity contribution in [3.63, 3.8) is 0 Å². The predicted molar refractivity (Wildman–Crippen MR) is 63.0 cm³/mol. The van der Waals surface area contributed by atoms with Gasteiger partial charge in [0.1, 0.15) is 0 Å². The predicted octanol–water partition coefficient (Wildman–Crippen LogP) is -0.322. The molecule has 0 spiro atoms. The van der Waals surface area contributed by atoms with Gasteiger partial charge in [0.05, 0.1) is 11.5 Å². The van der Waals surface area contributed by atoms with E-state index in [0.717, 1.165) is 6.54 Å². The molecule has 2 unspecified atom stereocenters. The fourth-order valence-electron chi connectivity index (χ4n) is 1.89. The van der Waals surface area contributed by atoms with Crippen LogP contribution in [-0.2, 0) is 14.6 Å². The Hall–Kier alpha value is -0.620. The molecule has 2 atom stereocenters. The van der Waals surface area contributed by atoms with Crippen molar-refractivity contribution < 1.29 is 13.2 Å². The molecule has 1 aliphatic heterocycles. The van der Waals surface area contributed by atoms with Gasteiger partial charge in [-0.15, -0.1) is 0 Å². The summed E-state index contributed by atoms with van der Waals surface area (Å²) in [6.07, 6.45) is 0.939. The van der Waals surface area contributed by atoms with Gasteiger partial charge in [0.25, 0.3) is 0 Å². The van der Waals surface area contributed by atoms with Gasteiger partial charge in [-0.05, 0) is 19.9 Å². The molecular weight excluding hydrogens is 228 g/mol. The lowest BCUT2D eigenvalue weighted by molar-refractivity contribution is -0.122. The number of nitrogens with one attached hydrogen (secondary N) is 2. The van der Waals surface area contributed by atoms with E-state index in [2.05, 4.69) is 10.6 Å². The van der Waals surface area contributed by atoms with E-state index < -0.39 is 9.84 Å². The molecule has 2 N–H and O–H groups in total. The van der Waals surface area contributed by atoms with E-state index in [0.29, 0.717) is 12.8 Å². The Morgan fingerprint density at radius 2 is 2.19 bits per heavy atom. The molecule has 1 aliphatic rings. The largest absolute Gasteiger partial charge is 0.352 e. The highest BCUT2D eigenvalue weighted by Gasteiger charge is 2.28. The molecular formula is C10H20N2O3S. The summed E-state index contributed by atoms with van der Waals surface area (Å²) in [5.41, 5.74) is 0. The number of hydrogen-bond donors (Lipinski definition) is 2. The zero-order valence-electron chi connectivity index (χ0n) is 9.82. The van der Waals surface area contributed by atoms with Crippen LogP contribution in [0.2, 0.25) is 0 Å². The van der Waals surface area contributed by atoms with Crippen molar-refractivity contribution in [1.29, 1.82) is 0 Å². The van der Waals surface area contributed by atoms with Crippen LogP contribution in [0.25, 0.3) is 0 Å². The molecule has 94 valence electrons. The van der Waals surface area contributed by atoms with Crippen molar-refractivity contribution >= 4 is 15.7 Å². The number of amides is 1. The lowest BCUT2D eigenvalue weighted by Crippen LogP contribution is -2.39. The quantitative estimate of drug-likeness (QED) is 0.699. The molecule has 1 saturated heterocycles. The summed E-state index contributed by atoms with van der Waals surface area (Å²) in [7, 11) is -2.91. The van der Waals surface area contributed by atoms with Gasteiger partial charge in [-0.2, -0.15) is 0 Å². The molecule has 0 aromatic heterocycles. The molecule has 5 nitrogen and oxygen atoms in total. The van der Waals surface area contributed by atoms with Crippen LogP contribution in [0.3, 0.4) is 0 Å². The molecule has 0 aliphatic carbocycles. The molecule has 6 heteroatoms. The average molecular weight is 248 g/mol. The minimum Gasteiger partial charge on any atom is -0.352 e. The summed E-state index contributed by atoms with van der Waals surface area (Å²) in [4.78, 5) is 11.5. The lowest BCUT2D eigenvalue weighted by atomic mass is 10.2. The van der Waals surface area contributed by atoms with Gasteiger partial charge in [-0.1, -0.05) is 6.92 Å². The van der Waals surface area contributed by atoms with Gasteiger partial charge >= 0.3 is 0 Å². The second-order valence-corrected chi connectivity index (χ2v) is 6.56. The number of rotatable bonds is 5. The van der Waals surface area contributed by atoms with Crippen molar-refractivity contribution in [2.45, 2.75) is 38.8 Å². The minimum absolute atomic E-state index is 0.0736. The highest BCUT2D eigenvalue weighted by Crippen LogP contribution is 2.11. The molecule has 1 heterocycles. The third-order valence-corrected chi connectivity index (χ3v) is 4.41. The summed E-state index contributed by atoms with van der Waals surface area (Å²) in [6, 6.07) is -0.0608. The van der Waals surface area contributed by atoms with E-state index in [1.165, 1.54) is 0 Å². The van der Waals surface area contributed by atoms with Gasteiger partial charge in [0, 0.05) is 18.5 Å². The Labute approximate surface area is 96.9 Å². The van der Waals surface area contributed by atoms with Crippen LogP contribution in [-0.4, -0.2) is 44.5 Å². The first-order valence-electron chi connectivity index (χ1n) is 5.66. The Morgan fingerprint density at radius 3 is 2.69 bits per heavy atom. The monoisotopic (exact) mass is 248 g/mol. The Bertz CT molecular complexity index is 340. The first-order chi connectivity index (χ1) is 7.43. The van der Waals surface area contributed by atoms with Gasteiger partial charge in [-0.25, -0.2) is 8.42 Å². The van der Waals surface area contributed by atoms with E-state index in [1.54, 1.807) is 0 Å². The van der Waals surface area contributed by atoms with Crippen molar-refractivity contribution in [3.8, 4) is 0 Å². The summed E-state index contributed by atoms with van der Waals surface area (Å²) in [6.45, 7) is 4.75. The normalized spacial score (nSPS) is 25.2. The zero-order chi connectivity index (χ0) is 12.2. The fraction of sp³-hybridized carbons (Fsp3) is 0.900. The molecule has 16 heavy (non-hydrogen) atoms. The second-order valence-electron chi connectivity index (χ2n) is 4.33. The molecule has 0 radical (unpaired) electrons. The maximum Gasteiger partial charge on any atom is 0.221 e. The van der Waals surface area contributed by atoms with Crippen molar-refractivity contribution in [2.75, 3.05) is 18.1 Å². The summed E-state index contributed by atoms with van der Waals surface area (Å²) < 4.78 is 22.4. The molecule has 1 fully saturated rings. The maximum absolute atomic E-state index is 11.5. The summed E-state index contributed by atoms with van der Waals surface area (Å²) in [5, 5.41) is 5.90. The molecule has 0 aromatic carbocycles. The smallest absolute Gasteiger partial charge is 0.221 e. The average Bonchev–Trinajstić information content (AvgIpc) is 2.45. The highest BCUT2D eigenvalue weighted by molar-refractivity contribution is 7.91. The van der Waals surface area contributed by atoms with Crippen LogP contribution >= 0.6 is 0 Å². The minimum atomic E-state index is -2.91. The molecule has 0 bridgehead atoms. The van der Waals surface area contributed by atoms with E-state index in [-0.39, 0.29) is 29.5 Å². The van der Waals surface area contributed by atoms with Gasteiger partial charge < -0.3 is 10.6 Å². The van der Waals surface area contributed by atoms with Crippen LogP contribution in [0.1, 0.15) is 26.7 Å². The summed E-state index contributed by atoms with van der Waals surface area (Å²) in [5.74, 6) is 0.213. The van der Waals surface area contributed by atoms with E-state index in [9.17, 15) is 13.2 Å². The van der Waals surface area contributed by atoms with Crippen LogP contribution in [0, 0.1) is 0 Å². The lowest BCUT2D eigenvalue weighted by Gasteiger charge is -2.14. The molecule has 0 saturated carbocycles. The molecule has 1 rings (SSSR count). The highest BCUT2D eigenvalue weighted by atomic mass is 32.2. The van der Waals surface area contributed by atoms with Crippen LogP contribution in [0.4, 0.5) is 0 Å². The number of carbonyl (C=O) groups is 1.